The normalized spacial score (nSPS) is 13.4. The van der Waals surface area contributed by atoms with Crippen LogP contribution < -0.4 is 15.2 Å². The average molecular weight is 522 g/mol. The van der Waals surface area contributed by atoms with E-state index in [4.69, 9.17) is 9.47 Å². The number of fused-ring (bicyclic) bond motifs is 1. The van der Waals surface area contributed by atoms with Gasteiger partial charge in [0.1, 0.15) is 9.84 Å². The molecule has 1 aromatic heterocycles. The number of halogens is 5. The average Bonchev–Trinajstić information content (AvgIpc) is 3.01. The van der Waals surface area contributed by atoms with Gasteiger partial charge in [0.2, 0.25) is 0 Å². The van der Waals surface area contributed by atoms with E-state index in [0.29, 0.717) is 22.4 Å². The molecule has 2 aromatic carbocycles. The van der Waals surface area contributed by atoms with E-state index in [1.807, 2.05) is 0 Å². The second-order valence-electron chi connectivity index (χ2n) is 7.81. The standard InChI is InChI=1S/C22H23F5N2O5S/c1-4-34-19-9-13(5-8-18(19)33-2)17(12-35(3,31)32)29-15-7-6-14(22(25,26)27)10-16(15)28(21(29)30)11-20(23)24/h5-10,17,20H,4,11-12H2,1-3H3/t17-/m0/s1. The van der Waals surface area contributed by atoms with Crippen molar-refractivity contribution in [2.24, 2.45) is 0 Å². The molecule has 0 radical (unpaired) electrons. The first-order chi connectivity index (χ1) is 16.3. The van der Waals surface area contributed by atoms with Gasteiger partial charge in [0.05, 0.1) is 48.7 Å². The summed E-state index contributed by atoms with van der Waals surface area (Å²) in [5, 5.41) is 0. The van der Waals surface area contributed by atoms with Crippen LogP contribution in [0.2, 0.25) is 0 Å². The van der Waals surface area contributed by atoms with Gasteiger partial charge in [-0.1, -0.05) is 6.07 Å². The van der Waals surface area contributed by atoms with Gasteiger partial charge in [-0.15, -0.1) is 0 Å². The van der Waals surface area contributed by atoms with Crippen molar-refractivity contribution < 1.29 is 39.8 Å². The van der Waals surface area contributed by atoms with Crippen LogP contribution in [0.3, 0.4) is 0 Å². The maximum absolute atomic E-state index is 13.3. The van der Waals surface area contributed by atoms with Crippen molar-refractivity contribution in [2.45, 2.75) is 32.1 Å². The molecule has 35 heavy (non-hydrogen) atoms. The van der Waals surface area contributed by atoms with Crippen LogP contribution in [0.5, 0.6) is 11.5 Å². The van der Waals surface area contributed by atoms with Gasteiger partial charge in [0.15, 0.2) is 11.5 Å². The van der Waals surface area contributed by atoms with E-state index < -0.39 is 52.0 Å². The lowest BCUT2D eigenvalue weighted by atomic mass is 10.1. The minimum atomic E-state index is -4.78. The van der Waals surface area contributed by atoms with Crippen molar-refractivity contribution in [3.8, 4) is 11.5 Å². The van der Waals surface area contributed by atoms with Crippen molar-refractivity contribution in [3.05, 3.63) is 58.0 Å². The molecule has 0 aliphatic heterocycles. The summed E-state index contributed by atoms with van der Waals surface area (Å²) in [6.45, 7) is 0.785. The van der Waals surface area contributed by atoms with Gasteiger partial charge >= 0.3 is 11.9 Å². The number of benzene rings is 2. The molecule has 0 fully saturated rings. The number of methoxy groups -OCH3 is 1. The summed E-state index contributed by atoms with van der Waals surface area (Å²) < 4.78 is 103. The van der Waals surface area contributed by atoms with Crippen LogP contribution in [0.1, 0.15) is 24.1 Å². The third-order valence-electron chi connectivity index (χ3n) is 5.26. The van der Waals surface area contributed by atoms with Gasteiger partial charge < -0.3 is 9.47 Å². The molecule has 0 spiro atoms. The molecule has 1 heterocycles. The molecule has 0 amide bonds. The topological polar surface area (TPSA) is 79.5 Å². The van der Waals surface area contributed by atoms with Crippen molar-refractivity contribution >= 4 is 20.9 Å². The molecular formula is C22H23F5N2O5S. The minimum absolute atomic E-state index is 0.119. The molecule has 0 saturated carbocycles. The number of hydrogen-bond acceptors (Lipinski definition) is 5. The summed E-state index contributed by atoms with van der Waals surface area (Å²) in [5.74, 6) is -0.0506. The van der Waals surface area contributed by atoms with Gasteiger partial charge in [0.25, 0.3) is 6.43 Å². The van der Waals surface area contributed by atoms with Crippen LogP contribution in [0.4, 0.5) is 22.0 Å². The zero-order chi connectivity index (χ0) is 26.1. The first-order valence-electron chi connectivity index (χ1n) is 10.4. The lowest BCUT2D eigenvalue weighted by molar-refractivity contribution is -0.137. The van der Waals surface area contributed by atoms with Crippen molar-refractivity contribution in [1.29, 1.82) is 0 Å². The Labute approximate surface area is 197 Å². The lowest BCUT2D eigenvalue weighted by Crippen LogP contribution is -2.32. The fourth-order valence-electron chi connectivity index (χ4n) is 3.85. The summed E-state index contributed by atoms with van der Waals surface area (Å²) >= 11 is 0. The van der Waals surface area contributed by atoms with E-state index in [1.165, 1.54) is 25.3 Å². The molecule has 0 N–H and O–H groups in total. The second-order valence-corrected chi connectivity index (χ2v) is 9.99. The molecule has 1 atom stereocenters. The first kappa shape index (κ1) is 26.5. The molecule has 0 unspecified atom stereocenters. The van der Waals surface area contributed by atoms with E-state index in [-0.39, 0.29) is 29.0 Å². The quantitative estimate of drug-likeness (QED) is 0.395. The summed E-state index contributed by atoms with van der Waals surface area (Å²) in [6, 6.07) is 5.45. The van der Waals surface area contributed by atoms with E-state index in [2.05, 4.69) is 0 Å². The zero-order valence-corrected chi connectivity index (χ0v) is 19.8. The van der Waals surface area contributed by atoms with Gasteiger partial charge in [-0.3, -0.25) is 9.13 Å². The highest BCUT2D eigenvalue weighted by Gasteiger charge is 2.33. The summed E-state index contributed by atoms with van der Waals surface area (Å²) in [6.07, 6.45) is -6.89. The smallest absolute Gasteiger partial charge is 0.416 e. The van der Waals surface area contributed by atoms with Gasteiger partial charge in [-0.05, 0) is 42.8 Å². The Hall–Kier alpha value is -3.09. The number of imidazole rings is 1. The van der Waals surface area contributed by atoms with Crippen LogP contribution >= 0.6 is 0 Å². The van der Waals surface area contributed by atoms with Crippen molar-refractivity contribution in [3.63, 3.8) is 0 Å². The van der Waals surface area contributed by atoms with Gasteiger partial charge in [-0.25, -0.2) is 22.0 Å². The number of alkyl halides is 5. The Kier molecular flexibility index (Phi) is 7.48. The maximum Gasteiger partial charge on any atom is 0.416 e. The van der Waals surface area contributed by atoms with Crippen LogP contribution in [0.25, 0.3) is 11.0 Å². The number of sulfone groups is 1. The Morgan fingerprint density at radius 1 is 1.03 bits per heavy atom. The molecular weight excluding hydrogens is 499 g/mol. The number of hydrogen-bond donors (Lipinski definition) is 0. The zero-order valence-electron chi connectivity index (χ0n) is 19.0. The Balaban J connectivity index is 2.35. The molecule has 0 aliphatic rings. The molecule has 0 aliphatic carbocycles. The van der Waals surface area contributed by atoms with Gasteiger partial charge in [0, 0.05) is 6.26 Å². The van der Waals surface area contributed by atoms with Gasteiger partial charge in [-0.2, -0.15) is 13.2 Å². The maximum atomic E-state index is 13.3. The molecule has 3 rings (SSSR count). The number of nitrogens with zero attached hydrogens (tertiary/aromatic N) is 2. The fraction of sp³-hybridized carbons (Fsp3) is 0.409. The van der Waals surface area contributed by atoms with E-state index in [9.17, 15) is 35.2 Å². The highest BCUT2D eigenvalue weighted by Crippen LogP contribution is 2.35. The van der Waals surface area contributed by atoms with Crippen molar-refractivity contribution in [1.82, 2.24) is 9.13 Å². The third kappa shape index (κ3) is 5.77. The Morgan fingerprint density at radius 2 is 1.71 bits per heavy atom. The first-order valence-corrected chi connectivity index (χ1v) is 12.4. The summed E-state index contributed by atoms with van der Waals surface area (Å²) in [4.78, 5) is 13.3. The van der Waals surface area contributed by atoms with E-state index in [0.717, 1.165) is 16.9 Å². The molecule has 3 aromatic rings. The molecule has 7 nitrogen and oxygen atoms in total. The lowest BCUT2D eigenvalue weighted by Gasteiger charge is -2.20. The predicted molar refractivity (Wildman–Crippen MR) is 119 cm³/mol. The highest BCUT2D eigenvalue weighted by atomic mass is 32.2. The number of ether oxygens (including phenoxy) is 2. The largest absolute Gasteiger partial charge is 0.493 e. The summed E-state index contributed by atoms with van der Waals surface area (Å²) in [5.41, 5.74) is -2.44. The third-order valence-corrected chi connectivity index (χ3v) is 6.18. The molecule has 0 saturated heterocycles. The monoisotopic (exact) mass is 522 g/mol. The Bertz CT molecular complexity index is 1380. The fourth-order valence-corrected chi connectivity index (χ4v) is 4.76. The number of rotatable bonds is 9. The highest BCUT2D eigenvalue weighted by molar-refractivity contribution is 7.90. The summed E-state index contributed by atoms with van der Waals surface area (Å²) in [7, 11) is -2.37. The second kappa shape index (κ2) is 9.88. The SMILES string of the molecule is CCOc1cc([C@H](CS(C)(=O)=O)n2c(=O)n(CC(F)F)c3cc(C(F)(F)F)ccc32)ccc1OC. The van der Waals surface area contributed by atoms with Crippen molar-refractivity contribution in [2.75, 3.05) is 25.7 Å². The molecule has 0 bridgehead atoms. The van der Waals surface area contributed by atoms with Crippen LogP contribution in [0.15, 0.2) is 41.2 Å². The number of aromatic nitrogens is 2. The Morgan fingerprint density at radius 3 is 2.26 bits per heavy atom. The van der Waals surface area contributed by atoms with Crippen LogP contribution in [-0.4, -0.2) is 49.7 Å². The predicted octanol–water partition coefficient (Wildman–Crippen LogP) is 4.13. The molecule has 192 valence electrons. The van der Waals surface area contributed by atoms with Crippen LogP contribution in [-0.2, 0) is 22.6 Å². The minimum Gasteiger partial charge on any atom is -0.493 e. The molecule has 13 heteroatoms. The van der Waals surface area contributed by atoms with Crippen LogP contribution in [0, 0.1) is 0 Å². The van der Waals surface area contributed by atoms with E-state index in [1.54, 1.807) is 6.92 Å². The van der Waals surface area contributed by atoms with E-state index >= 15 is 0 Å².